The molecule has 2 N–H and O–H groups in total. The summed E-state index contributed by atoms with van der Waals surface area (Å²) in [5.74, 6) is 0.501. The Bertz CT molecular complexity index is 258. The molecule has 1 rings (SSSR count). The van der Waals surface area contributed by atoms with Gasteiger partial charge in [-0.3, -0.25) is 4.79 Å². The molecule has 1 aliphatic rings. The summed E-state index contributed by atoms with van der Waals surface area (Å²) < 4.78 is 0. The molecule has 0 bridgehead atoms. The standard InChI is InChI=1S/C11H19NO2/c1-8(2)11(3,7-13)12-9-4-5-10(14)6-9/h6,8,12-13H,4-5,7H2,1-3H3. The van der Waals surface area contributed by atoms with Crippen LogP contribution in [0.15, 0.2) is 11.8 Å². The minimum Gasteiger partial charge on any atom is -0.394 e. The van der Waals surface area contributed by atoms with Crippen molar-refractivity contribution in [1.29, 1.82) is 0 Å². The third-order valence-corrected chi connectivity index (χ3v) is 3.02. The monoisotopic (exact) mass is 197 g/mol. The first-order chi connectivity index (χ1) is 6.48. The Hall–Kier alpha value is -0.830. The number of hydrogen-bond acceptors (Lipinski definition) is 3. The zero-order valence-electron chi connectivity index (χ0n) is 9.13. The van der Waals surface area contributed by atoms with Crippen LogP contribution < -0.4 is 5.32 Å². The fourth-order valence-corrected chi connectivity index (χ4v) is 1.43. The van der Waals surface area contributed by atoms with Gasteiger partial charge in [-0.05, 0) is 19.3 Å². The molecule has 0 fully saturated rings. The van der Waals surface area contributed by atoms with Crippen molar-refractivity contribution in [2.75, 3.05) is 6.61 Å². The van der Waals surface area contributed by atoms with E-state index in [4.69, 9.17) is 0 Å². The van der Waals surface area contributed by atoms with Gasteiger partial charge in [0.25, 0.3) is 0 Å². The quantitative estimate of drug-likeness (QED) is 0.712. The van der Waals surface area contributed by atoms with Crippen LogP contribution in [0.5, 0.6) is 0 Å². The molecular formula is C11H19NO2. The number of aliphatic hydroxyl groups is 1. The molecule has 0 aliphatic heterocycles. The molecule has 0 amide bonds. The van der Waals surface area contributed by atoms with E-state index in [-0.39, 0.29) is 17.9 Å². The summed E-state index contributed by atoms with van der Waals surface area (Å²) in [5.41, 5.74) is 0.636. The van der Waals surface area contributed by atoms with Gasteiger partial charge in [-0.1, -0.05) is 13.8 Å². The zero-order valence-corrected chi connectivity index (χ0v) is 9.13. The van der Waals surface area contributed by atoms with Crippen molar-refractivity contribution < 1.29 is 9.90 Å². The van der Waals surface area contributed by atoms with Crippen molar-refractivity contribution in [2.24, 2.45) is 5.92 Å². The van der Waals surface area contributed by atoms with E-state index in [1.807, 2.05) is 6.92 Å². The third kappa shape index (κ3) is 2.35. The SMILES string of the molecule is CC(C)C(C)(CO)NC1=CC(=O)CC1. The average molecular weight is 197 g/mol. The highest BCUT2D eigenvalue weighted by Gasteiger charge is 2.29. The van der Waals surface area contributed by atoms with Gasteiger partial charge < -0.3 is 10.4 Å². The summed E-state index contributed by atoms with van der Waals surface area (Å²) in [6, 6.07) is 0. The van der Waals surface area contributed by atoms with Crippen LogP contribution >= 0.6 is 0 Å². The molecule has 0 aromatic heterocycles. The van der Waals surface area contributed by atoms with E-state index < -0.39 is 0 Å². The Balaban J connectivity index is 2.66. The Labute approximate surface area is 85.2 Å². The summed E-state index contributed by atoms with van der Waals surface area (Å²) in [7, 11) is 0. The molecule has 1 aliphatic carbocycles. The number of allylic oxidation sites excluding steroid dienone is 2. The van der Waals surface area contributed by atoms with E-state index in [1.54, 1.807) is 6.08 Å². The van der Waals surface area contributed by atoms with Gasteiger partial charge >= 0.3 is 0 Å². The van der Waals surface area contributed by atoms with Crippen LogP contribution in [0.25, 0.3) is 0 Å². The van der Waals surface area contributed by atoms with Gasteiger partial charge in [0, 0.05) is 18.2 Å². The van der Waals surface area contributed by atoms with Gasteiger partial charge in [0.1, 0.15) is 0 Å². The molecule has 0 radical (unpaired) electrons. The molecule has 0 heterocycles. The topological polar surface area (TPSA) is 49.3 Å². The summed E-state index contributed by atoms with van der Waals surface area (Å²) in [4.78, 5) is 11.0. The number of hydrogen-bond donors (Lipinski definition) is 2. The average Bonchev–Trinajstić information content (AvgIpc) is 2.50. The molecule has 80 valence electrons. The van der Waals surface area contributed by atoms with Crippen molar-refractivity contribution >= 4 is 5.78 Å². The number of aliphatic hydroxyl groups excluding tert-OH is 1. The van der Waals surface area contributed by atoms with Crippen molar-refractivity contribution in [3.63, 3.8) is 0 Å². The van der Waals surface area contributed by atoms with Crippen LogP contribution in [0.3, 0.4) is 0 Å². The second kappa shape index (κ2) is 4.13. The largest absolute Gasteiger partial charge is 0.394 e. The van der Waals surface area contributed by atoms with Crippen LogP contribution in [-0.4, -0.2) is 23.0 Å². The predicted octanol–water partition coefficient (Wildman–Crippen LogP) is 1.23. The highest BCUT2D eigenvalue weighted by atomic mass is 16.3. The number of carbonyl (C=O) groups is 1. The van der Waals surface area contributed by atoms with Crippen LogP contribution in [0.1, 0.15) is 33.6 Å². The van der Waals surface area contributed by atoms with Gasteiger partial charge in [-0.2, -0.15) is 0 Å². The number of ketones is 1. The second-order valence-electron chi connectivity index (χ2n) is 4.49. The minimum atomic E-state index is -0.323. The highest BCUT2D eigenvalue weighted by molar-refractivity contribution is 5.92. The maximum absolute atomic E-state index is 11.0. The normalized spacial score (nSPS) is 20.9. The van der Waals surface area contributed by atoms with Crippen LogP contribution in [-0.2, 0) is 4.79 Å². The molecule has 0 saturated carbocycles. The third-order valence-electron chi connectivity index (χ3n) is 3.02. The van der Waals surface area contributed by atoms with E-state index in [0.29, 0.717) is 12.3 Å². The molecule has 0 spiro atoms. The fourth-order valence-electron chi connectivity index (χ4n) is 1.43. The summed E-state index contributed by atoms with van der Waals surface area (Å²) in [6.45, 7) is 6.17. The zero-order chi connectivity index (χ0) is 10.8. The maximum atomic E-state index is 11.0. The Morgan fingerprint density at radius 2 is 2.21 bits per heavy atom. The van der Waals surface area contributed by atoms with Crippen molar-refractivity contribution in [3.05, 3.63) is 11.8 Å². The first-order valence-corrected chi connectivity index (χ1v) is 5.10. The molecule has 3 nitrogen and oxygen atoms in total. The van der Waals surface area contributed by atoms with E-state index in [0.717, 1.165) is 12.1 Å². The lowest BCUT2D eigenvalue weighted by molar-refractivity contribution is -0.114. The van der Waals surface area contributed by atoms with Gasteiger partial charge in [0.2, 0.25) is 0 Å². The number of carbonyl (C=O) groups excluding carboxylic acids is 1. The van der Waals surface area contributed by atoms with Crippen molar-refractivity contribution in [2.45, 2.75) is 39.2 Å². The van der Waals surface area contributed by atoms with Crippen molar-refractivity contribution in [3.8, 4) is 0 Å². The molecule has 3 heteroatoms. The van der Waals surface area contributed by atoms with Gasteiger partial charge in [0.05, 0.1) is 12.1 Å². The first kappa shape index (κ1) is 11.2. The van der Waals surface area contributed by atoms with E-state index in [2.05, 4.69) is 19.2 Å². The van der Waals surface area contributed by atoms with Crippen molar-refractivity contribution in [1.82, 2.24) is 5.32 Å². The Morgan fingerprint density at radius 1 is 1.57 bits per heavy atom. The van der Waals surface area contributed by atoms with E-state index in [9.17, 15) is 9.90 Å². The van der Waals surface area contributed by atoms with Gasteiger partial charge in [-0.15, -0.1) is 0 Å². The Morgan fingerprint density at radius 3 is 2.57 bits per heavy atom. The first-order valence-electron chi connectivity index (χ1n) is 5.10. The molecule has 0 aromatic rings. The van der Waals surface area contributed by atoms with Crippen LogP contribution in [0.4, 0.5) is 0 Å². The number of rotatable bonds is 4. The van der Waals surface area contributed by atoms with Crippen LogP contribution in [0, 0.1) is 5.92 Å². The van der Waals surface area contributed by atoms with Gasteiger partial charge in [0.15, 0.2) is 5.78 Å². The molecule has 1 unspecified atom stereocenters. The summed E-state index contributed by atoms with van der Waals surface area (Å²) in [5, 5.41) is 12.6. The second-order valence-corrected chi connectivity index (χ2v) is 4.49. The van der Waals surface area contributed by atoms with E-state index in [1.165, 1.54) is 0 Å². The summed E-state index contributed by atoms with van der Waals surface area (Å²) in [6.07, 6.45) is 3.03. The lowest BCUT2D eigenvalue weighted by atomic mass is 9.89. The molecular weight excluding hydrogens is 178 g/mol. The minimum absolute atomic E-state index is 0.0796. The lowest BCUT2D eigenvalue weighted by Gasteiger charge is -2.34. The molecule has 0 saturated heterocycles. The molecule has 14 heavy (non-hydrogen) atoms. The lowest BCUT2D eigenvalue weighted by Crippen LogP contribution is -2.49. The molecule has 1 atom stereocenters. The smallest absolute Gasteiger partial charge is 0.157 e. The Kier molecular flexibility index (Phi) is 3.32. The summed E-state index contributed by atoms with van der Waals surface area (Å²) >= 11 is 0. The molecule has 0 aromatic carbocycles. The van der Waals surface area contributed by atoms with Gasteiger partial charge in [-0.25, -0.2) is 0 Å². The number of nitrogens with one attached hydrogen (secondary N) is 1. The fraction of sp³-hybridized carbons (Fsp3) is 0.727. The predicted molar refractivity (Wildman–Crippen MR) is 55.8 cm³/mol. The van der Waals surface area contributed by atoms with Crippen LogP contribution in [0.2, 0.25) is 0 Å². The maximum Gasteiger partial charge on any atom is 0.157 e. The van der Waals surface area contributed by atoms with E-state index >= 15 is 0 Å². The highest BCUT2D eigenvalue weighted by Crippen LogP contribution is 2.21.